The van der Waals surface area contributed by atoms with Crippen LogP contribution in [-0.4, -0.2) is 67.3 Å². The van der Waals surface area contributed by atoms with E-state index in [0.29, 0.717) is 38.5 Å². The van der Waals surface area contributed by atoms with Gasteiger partial charge in [-0.3, -0.25) is 0 Å². The van der Waals surface area contributed by atoms with E-state index in [4.69, 9.17) is 14.2 Å². The van der Waals surface area contributed by atoms with Gasteiger partial charge in [0.2, 0.25) is 0 Å². The lowest BCUT2D eigenvalue weighted by molar-refractivity contribution is -0.149. The van der Waals surface area contributed by atoms with E-state index in [2.05, 4.69) is 12.1 Å². The number of carbonyl (C=O) groups excluding carboxylic acids is 1. The summed E-state index contributed by atoms with van der Waals surface area (Å²) in [6.45, 7) is 3.45. The zero-order valence-corrected chi connectivity index (χ0v) is 19.4. The van der Waals surface area contributed by atoms with E-state index in [1.54, 1.807) is 35.7 Å². The largest absolute Gasteiger partial charge is 0.492 e. The summed E-state index contributed by atoms with van der Waals surface area (Å²) in [7, 11) is 1.38. The zero-order valence-electron chi connectivity index (χ0n) is 18.6. The molecular weight excluding hydrogens is 430 g/mol. The van der Waals surface area contributed by atoms with Gasteiger partial charge in [-0.15, -0.1) is 11.8 Å². The molecule has 0 fully saturated rings. The number of rotatable bonds is 14. The van der Waals surface area contributed by atoms with Crippen LogP contribution in [0.25, 0.3) is 0 Å². The van der Waals surface area contributed by atoms with Crippen LogP contribution in [0, 0.1) is 0 Å². The second-order valence-corrected chi connectivity index (χ2v) is 8.12. The van der Waals surface area contributed by atoms with Crippen LogP contribution in [0.3, 0.4) is 0 Å². The Hall–Kier alpha value is -2.71. The Morgan fingerprint density at radius 3 is 2.41 bits per heavy atom. The van der Waals surface area contributed by atoms with E-state index in [0.717, 1.165) is 17.7 Å². The van der Waals surface area contributed by atoms with Gasteiger partial charge in [-0.1, -0.05) is 30.3 Å². The molecule has 1 amide bonds. The van der Waals surface area contributed by atoms with Crippen molar-refractivity contribution in [1.29, 1.82) is 0 Å². The molecule has 0 saturated carbocycles. The molecule has 0 aliphatic heterocycles. The van der Waals surface area contributed by atoms with E-state index in [1.807, 2.05) is 30.3 Å². The van der Waals surface area contributed by atoms with E-state index < -0.39 is 12.1 Å². The Bertz CT molecular complexity index is 815. The van der Waals surface area contributed by atoms with Crippen molar-refractivity contribution >= 4 is 23.8 Å². The summed E-state index contributed by atoms with van der Waals surface area (Å²) < 4.78 is 15.9. The van der Waals surface area contributed by atoms with Crippen LogP contribution in [0.2, 0.25) is 0 Å². The van der Waals surface area contributed by atoms with Crippen LogP contribution in [0.5, 0.6) is 5.75 Å². The molecule has 1 atom stereocenters. The lowest BCUT2D eigenvalue weighted by Crippen LogP contribution is -2.35. The van der Waals surface area contributed by atoms with Gasteiger partial charge in [-0.25, -0.2) is 9.59 Å². The summed E-state index contributed by atoms with van der Waals surface area (Å²) in [5.41, 5.74) is 0.852. The third-order valence-corrected chi connectivity index (χ3v) is 5.73. The van der Waals surface area contributed by atoms with Crippen molar-refractivity contribution < 1.29 is 28.9 Å². The van der Waals surface area contributed by atoms with Crippen LogP contribution in [0.15, 0.2) is 59.5 Å². The number of benzene rings is 2. The zero-order chi connectivity index (χ0) is 23.2. The van der Waals surface area contributed by atoms with Crippen molar-refractivity contribution in [3.63, 3.8) is 0 Å². The molecule has 32 heavy (non-hydrogen) atoms. The van der Waals surface area contributed by atoms with Gasteiger partial charge in [0.1, 0.15) is 12.4 Å². The van der Waals surface area contributed by atoms with Gasteiger partial charge < -0.3 is 24.2 Å². The first-order chi connectivity index (χ1) is 15.5. The lowest BCUT2D eigenvalue weighted by Gasteiger charge is -2.21. The second kappa shape index (κ2) is 14.4. The maximum atomic E-state index is 12.1. The van der Waals surface area contributed by atoms with Gasteiger partial charge in [0, 0.05) is 24.5 Å². The summed E-state index contributed by atoms with van der Waals surface area (Å²) >= 11 is 1.76. The number of methoxy groups -OCH3 is 1. The van der Waals surface area contributed by atoms with Crippen molar-refractivity contribution in [2.75, 3.05) is 39.2 Å². The van der Waals surface area contributed by atoms with Gasteiger partial charge >= 0.3 is 12.1 Å². The molecule has 174 valence electrons. The minimum absolute atomic E-state index is 0.292. The van der Waals surface area contributed by atoms with Crippen LogP contribution < -0.4 is 4.74 Å². The molecule has 0 heterocycles. The van der Waals surface area contributed by atoms with Crippen LogP contribution >= 0.6 is 11.8 Å². The lowest BCUT2D eigenvalue weighted by atomic mass is 10.1. The first kappa shape index (κ1) is 25.5. The van der Waals surface area contributed by atoms with E-state index in [1.165, 1.54) is 12.0 Å². The second-order valence-electron chi connectivity index (χ2n) is 6.95. The number of hydrogen-bond acceptors (Lipinski definition) is 6. The first-order valence-electron chi connectivity index (χ1n) is 10.6. The molecule has 8 heteroatoms. The molecule has 0 aromatic heterocycles. The quantitative estimate of drug-likeness (QED) is 0.331. The molecule has 1 unspecified atom stereocenters. The summed E-state index contributed by atoms with van der Waals surface area (Å²) in [4.78, 5) is 26.1. The molecule has 2 rings (SSSR count). The molecule has 0 aliphatic carbocycles. The molecule has 0 radical (unpaired) electrons. The van der Waals surface area contributed by atoms with Crippen LogP contribution in [0.1, 0.15) is 18.9 Å². The number of hydrogen-bond donors (Lipinski definition) is 1. The molecule has 7 nitrogen and oxygen atoms in total. The van der Waals surface area contributed by atoms with Crippen molar-refractivity contribution in [2.24, 2.45) is 0 Å². The van der Waals surface area contributed by atoms with Crippen molar-refractivity contribution in [1.82, 2.24) is 4.90 Å². The smallest absolute Gasteiger partial charge is 0.409 e. The number of aliphatic carboxylic acids is 1. The van der Waals surface area contributed by atoms with Gasteiger partial charge in [0.05, 0.1) is 13.7 Å². The molecular formula is C24H31NO6S. The SMILES string of the molecule is CCOC(Cc1ccc(OCCN(CCCSc2ccccc2)C(=O)OC)cc1)C(=O)O. The summed E-state index contributed by atoms with van der Waals surface area (Å²) in [5.74, 6) is 0.581. The Labute approximate surface area is 193 Å². The highest BCUT2D eigenvalue weighted by molar-refractivity contribution is 7.99. The number of ether oxygens (including phenoxy) is 3. The topological polar surface area (TPSA) is 85.3 Å². The third kappa shape index (κ3) is 9.20. The number of carbonyl (C=O) groups is 2. The van der Waals surface area contributed by atoms with Gasteiger partial charge in [0.25, 0.3) is 0 Å². The Morgan fingerprint density at radius 1 is 1.06 bits per heavy atom. The molecule has 2 aromatic carbocycles. The van der Waals surface area contributed by atoms with Crippen LogP contribution in [-0.2, 0) is 20.7 Å². The fraction of sp³-hybridized carbons (Fsp3) is 0.417. The summed E-state index contributed by atoms with van der Waals surface area (Å²) in [5, 5.41) is 9.20. The average molecular weight is 462 g/mol. The Kier molecular flexibility index (Phi) is 11.5. The van der Waals surface area contributed by atoms with Crippen molar-refractivity contribution in [3.8, 4) is 5.75 Å². The van der Waals surface area contributed by atoms with Crippen molar-refractivity contribution in [3.05, 3.63) is 60.2 Å². The predicted molar refractivity (Wildman–Crippen MR) is 124 cm³/mol. The fourth-order valence-electron chi connectivity index (χ4n) is 3.01. The third-order valence-electron chi connectivity index (χ3n) is 4.63. The summed E-state index contributed by atoms with van der Waals surface area (Å²) in [6.07, 6.45) is -0.0983. The van der Waals surface area contributed by atoms with Crippen molar-refractivity contribution in [2.45, 2.75) is 30.8 Å². The first-order valence-corrected chi connectivity index (χ1v) is 11.6. The predicted octanol–water partition coefficient (Wildman–Crippen LogP) is 4.35. The Morgan fingerprint density at radius 2 is 1.78 bits per heavy atom. The summed E-state index contributed by atoms with van der Waals surface area (Å²) in [6, 6.07) is 17.4. The van der Waals surface area contributed by atoms with Gasteiger partial charge in [0.15, 0.2) is 6.10 Å². The number of carboxylic acids is 1. The molecule has 0 aliphatic rings. The minimum atomic E-state index is -0.975. The Balaban J connectivity index is 1.76. The van der Waals surface area contributed by atoms with Gasteiger partial charge in [-0.2, -0.15) is 0 Å². The number of carboxylic acid groups (broad SMARTS) is 1. The molecule has 2 aromatic rings. The standard InChI is InChI=1S/C24H31NO6S/c1-3-30-22(23(26)27)18-19-10-12-20(13-11-19)31-16-15-25(24(28)29-2)14-7-17-32-21-8-5-4-6-9-21/h4-6,8-13,22H,3,7,14-18H2,1-2H3,(H,26,27). The fourth-order valence-corrected chi connectivity index (χ4v) is 3.87. The molecule has 0 spiro atoms. The molecule has 0 bridgehead atoms. The van der Waals surface area contributed by atoms with E-state index >= 15 is 0 Å². The van der Waals surface area contributed by atoms with E-state index in [9.17, 15) is 14.7 Å². The highest BCUT2D eigenvalue weighted by Gasteiger charge is 2.18. The minimum Gasteiger partial charge on any atom is -0.492 e. The number of nitrogens with zero attached hydrogens (tertiary/aromatic N) is 1. The maximum absolute atomic E-state index is 12.1. The average Bonchev–Trinajstić information content (AvgIpc) is 2.81. The van der Waals surface area contributed by atoms with Crippen LogP contribution in [0.4, 0.5) is 4.79 Å². The van der Waals surface area contributed by atoms with Gasteiger partial charge in [-0.05, 0) is 48.9 Å². The monoisotopic (exact) mass is 461 g/mol. The maximum Gasteiger partial charge on any atom is 0.409 e. The van der Waals surface area contributed by atoms with E-state index in [-0.39, 0.29) is 6.09 Å². The normalized spacial score (nSPS) is 11.6. The number of thioether (sulfide) groups is 1. The number of amides is 1. The highest BCUT2D eigenvalue weighted by Crippen LogP contribution is 2.18. The molecule has 0 saturated heterocycles. The molecule has 1 N–H and O–H groups in total. The highest BCUT2D eigenvalue weighted by atomic mass is 32.2.